The van der Waals surface area contributed by atoms with Crippen molar-refractivity contribution in [2.24, 2.45) is 0 Å². The second-order valence-electron chi connectivity index (χ2n) is 5.04. The highest BCUT2D eigenvalue weighted by atomic mass is 16.5. The summed E-state index contributed by atoms with van der Waals surface area (Å²) in [6.45, 7) is 4.30. The van der Waals surface area contributed by atoms with Crippen LogP contribution in [0.4, 0.5) is 0 Å². The molecule has 1 saturated carbocycles. The fourth-order valence-electron chi connectivity index (χ4n) is 1.85. The number of aliphatic hydroxyl groups excluding tert-OH is 1. The molecule has 0 aliphatic heterocycles. The first-order valence-corrected chi connectivity index (χ1v) is 5.95. The van der Waals surface area contributed by atoms with Crippen molar-refractivity contribution < 1.29 is 14.6 Å². The molecular formula is C12H23NO3. The number of amides is 1. The van der Waals surface area contributed by atoms with E-state index in [1.165, 1.54) is 6.42 Å². The van der Waals surface area contributed by atoms with E-state index < -0.39 is 5.60 Å². The lowest BCUT2D eigenvalue weighted by atomic mass is 9.90. The van der Waals surface area contributed by atoms with Crippen molar-refractivity contribution in [3.05, 3.63) is 0 Å². The van der Waals surface area contributed by atoms with Gasteiger partial charge >= 0.3 is 0 Å². The first kappa shape index (κ1) is 13.5. The van der Waals surface area contributed by atoms with Gasteiger partial charge in [-0.15, -0.1) is 0 Å². The fraction of sp³-hybridized carbons (Fsp3) is 0.917. The van der Waals surface area contributed by atoms with Crippen molar-refractivity contribution in [3.8, 4) is 0 Å². The lowest BCUT2D eigenvalue weighted by Crippen LogP contribution is -2.47. The zero-order valence-corrected chi connectivity index (χ0v) is 10.5. The van der Waals surface area contributed by atoms with Crippen LogP contribution in [0, 0.1) is 0 Å². The second kappa shape index (κ2) is 5.64. The van der Waals surface area contributed by atoms with Crippen LogP contribution in [0.15, 0.2) is 0 Å². The average molecular weight is 229 g/mol. The monoisotopic (exact) mass is 229 g/mol. The Bertz CT molecular complexity index is 236. The molecule has 0 heterocycles. The minimum absolute atomic E-state index is 0.0374. The van der Waals surface area contributed by atoms with Gasteiger partial charge in [0.15, 0.2) is 0 Å². The Balaban J connectivity index is 2.53. The predicted octanol–water partition coefficient (Wildman–Crippen LogP) is 1.17. The van der Waals surface area contributed by atoms with Gasteiger partial charge in [0.1, 0.15) is 0 Å². The molecule has 1 rings (SSSR count). The molecule has 0 atom stereocenters. The number of carbonyl (C=O) groups excluding carboxylic acids is 1. The number of carbonyl (C=O) groups is 1. The average Bonchev–Trinajstić information content (AvgIpc) is 2.14. The Morgan fingerprint density at radius 2 is 2.12 bits per heavy atom. The van der Waals surface area contributed by atoms with Gasteiger partial charge in [-0.25, -0.2) is 0 Å². The molecule has 0 spiro atoms. The smallest absolute Gasteiger partial charge is 0.225 e. The van der Waals surface area contributed by atoms with Crippen LogP contribution in [-0.4, -0.2) is 47.8 Å². The number of hydrogen-bond acceptors (Lipinski definition) is 3. The highest BCUT2D eigenvalue weighted by Crippen LogP contribution is 2.26. The summed E-state index contributed by atoms with van der Waals surface area (Å²) in [6.07, 6.45) is 3.70. The van der Waals surface area contributed by atoms with Gasteiger partial charge in [-0.1, -0.05) is 0 Å². The summed E-state index contributed by atoms with van der Waals surface area (Å²) in [4.78, 5) is 13.9. The Morgan fingerprint density at radius 1 is 1.50 bits per heavy atom. The molecule has 0 radical (unpaired) electrons. The maximum absolute atomic E-state index is 12.1. The zero-order valence-electron chi connectivity index (χ0n) is 10.5. The van der Waals surface area contributed by atoms with Crippen molar-refractivity contribution in [1.82, 2.24) is 4.90 Å². The molecule has 0 aromatic rings. The number of aliphatic hydroxyl groups is 1. The van der Waals surface area contributed by atoms with Crippen molar-refractivity contribution in [2.75, 3.05) is 20.3 Å². The molecule has 0 bridgehead atoms. The Labute approximate surface area is 97.6 Å². The minimum Gasteiger partial charge on any atom is -0.395 e. The SMILES string of the molecule is COC(C)(C)CC(=O)N(CCO)C1CCC1. The van der Waals surface area contributed by atoms with Crippen molar-refractivity contribution in [2.45, 2.75) is 51.2 Å². The summed E-state index contributed by atoms with van der Waals surface area (Å²) in [7, 11) is 1.62. The van der Waals surface area contributed by atoms with E-state index in [0.29, 0.717) is 19.0 Å². The van der Waals surface area contributed by atoms with E-state index in [1.54, 1.807) is 7.11 Å². The molecule has 0 unspecified atom stereocenters. The predicted molar refractivity (Wildman–Crippen MR) is 62.1 cm³/mol. The Kier molecular flexibility index (Phi) is 4.74. The fourth-order valence-corrected chi connectivity index (χ4v) is 1.85. The van der Waals surface area contributed by atoms with E-state index in [0.717, 1.165) is 12.8 Å². The lowest BCUT2D eigenvalue weighted by molar-refractivity contribution is -0.141. The number of ether oxygens (including phenoxy) is 1. The summed E-state index contributed by atoms with van der Waals surface area (Å²) in [5.41, 5.74) is -0.422. The van der Waals surface area contributed by atoms with E-state index in [-0.39, 0.29) is 12.5 Å². The molecule has 1 aliphatic rings. The van der Waals surface area contributed by atoms with Crippen molar-refractivity contribution in [3.63, 3.8) is 0 Å². The molecule has 1 amide bonds. The maximum Gasteiger partial charge on any atom is 0.225 e. The van der Waals surface area contributed by atoms with Crippen LogP contribution in [-0.2, 0) is 9.53 Å². The van der Waals surface area contributed by atoms with E-state index in [1.807, 2.05) is 18.7 Å². The first-order valence-electron chi connectivity index (χ1n) is 5.95. The summed E-state index contributed by atoms with van der Waals surface area (Å²) in [5.74, 6) is 0.0885. The highest BCUT2D eigenvalue weighted by molar-refractivity contribution is 5.77. The maximum atomic E-state index is 12.1. The summed E-state index contributed by atoms with van der Waals surface area (Å²) in [6, 6.07) is 0.340. The van der Waals surface area contributed by atoms with Crippen LogP contribution in [0.2, 0.25) is 0 Å². The number of nitrogens with zero attached hydrogens (tertiary/aromatic N) is 1. The van der Waals surface area contributed by atoms with Gasteiger partial charge in [0.2, 0.25) is 5.91 Å². The van der Waals surface area contributed by atoms with E-state index >= 15 is 0 Å². The number of hydrogen-bond donors (Lipinski definition) is 1. The van der Waals surface area contributed by atoms with Crippen molar-refractivity contribution >= 4 is 5.91 Å². The summed E-state index contributed by atoms with van der Waals surface area (Å²) < 4.78 is 5.26. The highest BCUT2D eigenvalue weighted by Gasteiger charge is 2.31. The Morgan fingerprint density at radius 3 is 2.50 bits per heavy atom. The lowest BCUT2D eigenvalue weighted by Gasteiger charge is -2.38. The van der Waals surface area contributed by atoms with Crippen LogP contribution in [0.1, 0.15) is 39.5 Å². The molecule has 1 aliphatic carbocycles. The van der Waals surface area contributed by atoms with Crippen LogP contribution in [0.25, 0.3) is 0 Å². The van der Waals surface area contributed by atoms with Crippen LogP contribution >= 0.6 is 0 Å². The topological polar surface area (TPSA) is 49.8 Å². The van der Waals surface area contributed by atoms with Gasteiger partial charge in [0, 0.05) is 19.7 Å². The molecule has 1 fully saturated rings. The van der Waals surface area contributed by atoms with E-state index in [9.17, 15) is 4.79 Å². The van der Waals surface area contributed by atoms with Gasteiger partial charge in [0.25, 0.3) is 0 Å². The largest absolute Gasteiger partial charge is 0.395 e. The molecule has 4 heteroatoms. The summed E-state index contributed by atoms with van der Waals surface area (Å²) in [5, 5.41) is 8.98. The molecule has 0 aromatic heterocycles. The van der Waals surface area contributed by atoms with Gasteiger partial charge in [-0.2, -0.15) is 0 Å². The van der Waals surface area contributed by atoms with Crippen molar-refractivity contribution in [1.29, 1.82) is 0 Å². The molecule has 0 saturated heterocycles. The molecule has 94 valence electrons. The summed E-state index contributed by atoms with van der Waals surface area (Å²) >= 11 is 0. The van der Waals surface area contributed by atoms with Crippen LogP contribution < -0.4 is 0 Å². The quantitative estimate of drug-likeness (QED) is 0.744. The molecule has 16 heavy (non-hydrogen) atoms. The van der Waals surface area contributed by atoms with Gasteiger partial charge < -0.3 is 14.7 Å². The first-order chi connectivity index (χ1) is 7.50. The minimum atomic E-state index is -0.422. The van der Waals surface area contributed by atoms with E-state index in [2.05, 4.69) is 0 Å². The molecule has 0 aromatic carbocycles. The third-order valence-electron chi connectivity index (χ3n) is 3.31. The van der Waals surface area contributed by atoms with Gasteiger partial charge in [0.05, 0.1) is 18.6 Å². The van der Waals surface area contributed by atoms with Gasteiger partial charge in [-0.05, 0) is 33.1 Å². The third kappa shape index (κ3) is 3.46. The second-order valence-corrected chi connectivity index (χ2v) is 5.04. The zero-order chi connectivity index (χ0) is 12.2. The van der Waals surface area contributed by atoms with Gasteiger partial charge in [-0.3, -0.25) is 4.79 Å². The standard InChI is InChI=1S/C12H23NO3/c1-12(2,16-3)9-11(15)13(7-8-14)10-5-4-6-10/h10,14H,4-9H2,1-3H3. The van der Waals surface area contributed by atoms with E-state index in [4.69, 9.17) is 9.84 Å². The molecule has 4 nitrogen and oxygen atoms in total. The normalized spacial score (nSPS) is 17.0. The number of methoxy groups -OCH3 is 1. The van der Waals surface area contributed by atoms with Crippen LogP contribution in [0.3, 0.4) is 0 Å². The third-order valence-corrected chi connectivity index (χ3v) is 3.31. The number of rotatable bonds is 6. The van der Waals surface area contributed by atoms with Crippen LogP contribution in [0.5, 0.6) is 0 Å². The molecule has 1 N–H and O–H groups in total. The molecular weight excluding hydrogens is 206 g/mol. The Hall–Kier alpha value is -0.610.